The number of rotatable bonds is 3. The van der Waals surface area contributed by atoms with Gasteiger partial charge in [-0.2, -0.15) is 0 Å². The summed E-state index contributed by atoms with van der Waals surface area (Å²) in [6, 6.07) is 0. The van der Waals surface area contributed by atoms with Crippen LogP contribution in [0, 0.1) is 5.41 Å². The molecular weight excluding hydrogens is 224 g/mol. The van der Waals surface area contributed by atoms with Crippen molar-refractivity contribution < 1.29 is 20.6 Å². The normalized spacial score (nSPS) is 26.6. The maximum absolute atomic E-state index is 12.3. The van der Waals surface area contributed by atoms with Crippen LogP contribution < -0.4 is 0 Å². The fraction of sp³-hybridized carbons (Fsp3) is 1.00. The fourth-order valence-electron chi connectivity index (χ4n) is 2.03. The molecule has 0 spiro atoms. The lowest BCUT2D eigenvalue weighted by Crippen LogP contribution is -2.53. The van der Waals surface area contributed by atoms with E-state index in [0.29, 0.717) is 10.1 Å². The van der Waals surface area contributed by atoms with Gasteiger partial charge in [0, 0.05) is 5.41 Å². The molecule has 17 heavy (non-hydrogen) atoms. The fourth-order valence-corrected chi connectivity index (χ4v) is 2.03. The minimum Gasteiger partial charge on any atom is -0.396 e. The first-order valence-electron chi connectivity index (χ1n) is 5.71. The maximum Gasteiger partial charge on any atom is 0.128 e. The van der Waals surface area contributed by atoms with Gasteiger partial charge in [-0.25, -0.2) is 0 Å². The van der Waals surface area contributed by atoms with Gasteiger partial charge in [0.05, 0.1) is 24.3 Å². The van der Waals surface area contributed by atoms with Gasteiger partial charge in [-0.15, -0.1) is 20.5 Å². The molecule has 2 N–H and O–H groups in total. The molecule has 1 rings (SSSR count). The summed E-state index contributed by atoms with van der Waals surface area (Å²) < 4.78 is 0. The van der Waals surface area contributed by atoms with Crippen LogP contribution in [0.25, 0.3) is 0 Å². The molecule has 0 amide bonds. The van der Waals surface area contributed by atoms with E-state index in [4.69, 9.17) is 0 Å². The Labute approximate surface area is 102 Å². The first kappa shape index (κ1) is 14.8. The number of hydroxylamine groups is 4. The van der Waals surface area contributed by atoms with Crippen LogP contribution in [0.4, 0.5) is 0 Å². The number of aliphatic hydroxyl groups excluding tert-OH is 2. The third-order valence-corrected chi connectivity index (χ3v) is 4.39. The van der Waals surface area contributed by atoms with Crippen molar-refractivity contribution in [2.75, 3.05) is 13.2 Å². The maximum atomic E-state index is 12.3. The van der Waals surface area contributed by atoms with Crippen LogP contribution in [0.1, 0.15) is 34.6 Å². The lowest BCUT2D eigenvalue weighted by molar-refractivity contribution is -0.310. The topological polar surface area (TPSA) is 86.7 Å². The Hall–Kier alpha value is -0.240. The van der Waals surface area contributed by atoms with Crippen molar-refractivity contribution in [3.63, 3.8) is 0 Å². The largest absolute Gasteiger partial charge is 0.396 e. The smallest absolute Gasteiger partial charge is 0.128 e. The van der Waals surface area contributed by atoms with E-state index >= 15 is 0 Å². The minimum atomic E-state index is -1.14. The van der Waals surface area contributed by atoms with Gasteiger partial charge in [0.25, 0.3) is 0 Å². The second kappa shape index (κ2) is 4.15. The van der Waals surface area contributed by atoms with E-state index in [1.165, 1.54) is 6.92 Å². The standard InChI is InChI=1S/C11H22N2O4/c1-9(2)10(3,4)13(17)8(12(9)16)11(5,6-14)7-15/h8,14-15H,6-7H2,1-5H3. The molecule has 0 unspecified atom stereocenters. The first-order valence-corrected chi connectivity index (χ1v) is 5.71. The summed E-state index contributed by atoms with van der Waals surface area (Å²) >= 11 is 0. The quantitative estimate of drug-likeness (QED) is 0.743. The summed E-state index contributed by atoms with van der Waals surface area (Å²) in [7, 11) is 0. The van der Waals surface area contributed by atoms with E-state index in [0.717, 1.165) is 0 Å². The van der Waals surface area contributed by atoms with E-state index in [2.05, 4.69) is 0 Å². The van der Waals surface area contributed by atoms with Crippen molar-refractivity contribution in [2.24, 2.45) is 5.41 Å². The van der Waals surface area contributed by atoms with E-state index in [1.54, 1.807) is 27.7 Å². The van der Waals surface area contributed by atoms with Crippen LogP contribution in [0.3, 0.4) is 0 Å². The van der Waals surface area contributed by atoms with Gasteiger partial charge >= 0.3 is 0 Å². The molecule has 0 bridgehead atoms. The van der Waals surface area contributed by atoms with Crippen molar-refractivity contribution in [1.29, 1.82) is 0 Å². The van der Waals surface area contributed by atoms with E-state index in [9.17, 15) is 20.6 Å². The van der Waals surface area contributed by atoms with Crippen molar-refractivity contribution in [3.8, 4) is 0 Å². The van der Waals surface area contributed by atoms with Crippen LogP contribution >= 0.6 is 0 Å². The van der Waals surface area contributed by atoms with Gasteiger partial charge in [-0.05, 0) is 27.7 Å². The highest BCUT2D eigenvalue weighted by Crippen LogP contribution is 2.46. The SMILES string of the molecule is CC(CO)(CO)C1N([O])C(C)(C)C(C)(C)N1[O]. The molecule has 0 saturated carbocycles. The molecule has 0 aromatic heterocycles. The molecule has 1 heterocycles. The van der Waals surface area contributed by atoms with E-state index < -0.39 is 35.9 Å². The highest BCUT2D eigenvalue weighted by atomic mass is 16.6. The van der Waals surface area contributed by atoms with Gasteiger partial charge in [0.1, 0.15) is 6.17 Å². The number of aliphatic hydroxyl groups is 2. The third-order valence-electron chi connectivity index (χ3n) is 4.39. The zero-order chi connectivity index (χ0) is 13.6. The molecule has 0 atom stereocenters. The average Bonchev–Trinajstić information content (AvgIpc) is 2.38. The Morgan fingerprint density at radius 2 is 1.29 bits per heavy atom. The lowest BCUT2D eigenvalue weighted by Gasteiger charge is -2.36. The molecule has 6 heteroatoms. The highest BCUT2D eigenvalue weighted by molar-refractivity contribution is 5.09. The van der Waals surface area contributed by atoms with E-state index in [-0.39, 0.29) is 0 Å². The summed E-state index contributed by atoms with van der Waals surface area (Å²) in [5.74, 6) is 0. The van der Waals surface area contributed by atoms with Crippen molar-refractivity contribution in [2.45, 2.75) is 51.9 Å². The second-order valence-electron chi connectivity index (χ2n) is 6.11. The Morgan fingerprint density at radius 1 is 1.00 bits per heavy atom. The molecule has 0 aromatic carbocycles. The minimum absolute atomic E-state index is 0.419. The molecule has 100 valence electrons. The summed E-state index contributed by atoms with van der Waals surface area (Å²) in [5.41, 5.74) is -2.91. The summed E-state index contributed by atoms with van der Waals surface area (Å²) in [4.78, 5) is 0. The molecule has 1 aliphatic heterocycles. The average molecular weight is 246 g/mol. The number of nitrogens with zero attached hydrogens (tertiary/aromatic N) is 2. The number of hydrogen-bond donors (Lipinski definition) is 2. The molecule has 6 nitrogen and oxygen atoms in total. The van der Waals surface area contributed by atoms with Gasteiger partial charge in [0.2, 0.25) is 0 Å². The van der Waals surface area contributed by atoms with Crippen molar-refractivity contribution >= 4 is 0 Å². The predicted molar refractivity (Wildman–Crippen MR) is 59.3 cm³/mol. The monoisotopic (exact) mass is 246 g/mol. The van der Waals surface area contributed by atoms with Crippen molar-refractivity contribution in [1.82, 2.24) is 10.1 Å². The molecule has 1 fully saturated rings. The van der Waals surface area contributed by atoms with Crippen LogP contribution in [0.2, 0.25) is 0 Å². The Kier molecular flexibility index (Phi) is 3.62. The molecule has 1 aliphatic rings. The lowest BCUT2D eigenvalue weighted by atomic mass is 9.84. The molecular formula is C11H22N2O4. The highest BCUT2D eigenvalue weighted by Gasteiger charge is 2.63. The molecule has 0 aromatic rings. The second-order valence-corrected chi connectivity index (χ2v) is 6.11. The van der Waals surface area contributed by atoms with Gasteiger partial charge in [0.15, 0.2) is 0 Å². The van der Waals surface area contributed by atoms with Gasteiger partial charge in [-0.3, -0.25) is 0 Å². The van der Waals surface area contributed by atoms with Crippen molar-refractivity contribution in [3.05, 3.63) is 0 Å². The zero-order valence-electron chi connectivity index (χ0n) is 11.1. The third kappa shape index (κ3) is 1.80. The van der Waals surface area contributed by atoms with Crippen LogP contribution in [0.15, 0.2) is 0 Å². The summed E-state index contributed by atoms with van der Waals surface area (Å²) in [6.45, 7) is 7.47. The number of hydrogen-bond acceptors (Lipinski definition) is 4. The predicted octanol–water partition coefficient (Wildman–Crippen LogP) is 0.169. The molecule has 2 radical (unpaired) electrons. The summed E-state index contributed by atoms with van der Waals surface area (Å²) in [6.07, 6.45) is -1.08. The molecule has 0 aliphatic carbocycles. The summed E-state index contributed by atoms with van der Waals surface area (Å²) in [5, 5.41) is 44.6. The van der Waals surface area contributed by atoms with Gasteiger partial charge in [-0.1, -0.05) is 6.92 Å². The molecule has 1 saturated heterocycles. The Morgan fingerprint density at radius 3 is 1.53 bits per heavy atom. The van der Waals surface area contributed by atoms with Crippen LogP contribution in [0.5, 0.6) is 0 Å². The zero-order valence-corrected chi connectivity index (χ0v) is 11.1. The van der Waals surface area contributed by atoms with Crippen LogP contribution in [-0.2, 0) is 10.4 Å². The van der Waals surface area contributed by atoms with E-state index in [1.807, 2.05) is 0 Å². The Bertz CT molecular complexity index is 269. The first-order chi connectivity index (χ1) is 7.56. The van der Waals surface area contributed by atoms with Crippen LogP contribution in [-0.4, -0.2) is 50.8 Å². The van der Waals surface area contributed by atoms with Gasteiger partial charge < -0.3 is 10.2 Å². The Balaban J connectivity index is 3.21.